The van der Waals surface area contributed by atoms with E-state index in [1.165, 1.54) is 12.3 Å². The van der Waals surface area contributed by atoms with Gasteiger partial charge in [0, 0.05) is 55.2 Å². The van der Waals surface area contributed by atoms with Gasteiger partial charge in [-0.25, -0.2) is 8.70 Å². The minimum atomic E-state index is -0.421. The quantitative estimate of drug-likeness (QED) is 0.607. The monoisotopic (exact) mass is 429 g/mol. The lowest BCUT2D eigenvalue weighted by Crippen LogP contribution is -2.31. The Hall–Kier alpha value is -2.49. The average molecular weight is 430 g/mol. The molecule has 0 bridgehead atoms. The van der Waals surface area contributed by atoms with Gasteiger partial charge in [0.1, 0.15) is 11.5 Å². The van der Waals surface area contributed by atoms with Crippen molar-refractivity contribution >= 4 is 28.9 Å². The Bertz CT molecular complexity index is 1080. The number of carbonyl (C=O) groups excluding carboxylic acids is 1. The Morgan fingerprint density at radius 2 is 2.03 bits per heavy atom. The molecular weight excluding hydrogens is 405 g/mol. The number of aliphatic hydroxyl groups excluding tert-OH is 1. The summed E-state index contributed by atoms with van der Waals surface area (Å²) in [5, 5.41) is 12.5. The van der Waals surface area contributed by atoms with E-state index in [-0.39, 0.29) is 18.6 Å². The van der Waals surface area contributed by atoms with Crippen LogP contribution in [0.4, 0.5) is 4.39 Å². The van der Waals surface area contributed by atoms with E-state index in [2.05, 4.69) is 19.6 Å². The molecule has 1 aliphatic rings. The molecule has 3 aromatic rings. The second-order valence-corrected chi connectivity index (χ2v) is 8.56. The Morgan fingerprint density at radius 3 is 2.80 bits per heavy atom. The van der Waals surface area contributed by atoms with E-state index in [0.717, 1.165) is 36.5 Å². The zero-order valence-corrected chi connectivity index (χ0v) is 17.7. The number of hydrogen-bond donors (Lipinski definition) is 2. The number of halogens is 1. The summed E-state index contributed by atoms with van der Waals surface area (Å²) in [6.07, 6.45) is 4.35. The lowest BCUT2D eigenvalue weighted by atomic mass is 10.1. The second-order valence-electron chi connectivity index (χ2n) is 7.42. The molecule has 2 aromatic heterocycles. The maximum atomic E-state index is 14.4. The first kappa shape index (κ1) is 20.8. The molecule has 0 unspecified atom stereocenters. The third-order valence-corrected chi connectivity index (χ3v) is 6.72. The van der Waals surface area contributed by atoms with Crippen LogP contribution in [0, 0.1) is 12.7 Å². The summed E-state index contributed by atoms with van der Waals surface area (Å²) in [6, 6.07) is 4.78. The van der Waals surface area contributed by atoms with Crippen LogP contribution in [-0.2, 0) is 13.6 Å². The van der Waals surface area contributed by atoms with Crippen LogP contribution >= 0.6 is 11.9 Å². The van der Waals surface area contributed by atoms with E-state index in [4.69, 9.17) is 0 Å². The van der Waals surface area contributed by atoms with Crippen molar-refractivity contribution in [1.82, 2.24) is 24.2 Å². The molecular formula is C21H24FN5O2S. The van der Waals surface area contributed by atoms with Gasteiger partial charge in [-0.1, -0.05) is 0 Å². The van der Waals surface area contributed by atoms with Crippen LogP contribution in [0.5, 0.6) is 0 Å². The van der Waals surface area contributed by atoms with Gasteiger partial charge >= 0.3 is 0 Å². The maximum Gasteiger partial charge on any atom is 0.268 e. The highest BCUT2D eigenvalue weighted by molar-refractivity contribution is 7.97. The summed E-state index contributed by atoms with van der Waals surface area (Å²) in [4.78, 5) is 22.2. The standard InChI is InChI=1S/C21H24FN5O2S/c1-13-19(30-27-9-5-14(28)6-10-27)11-18(26(13)2)21(29)25-12-15-16(22)3-4-17-20(15)24-8-7-23-17/h3-4,7-8,11,14,28H,5-6,9-10,12H2,1-2H3,(H,25,29). The topological polar surface area (TPSA) is 83.3 Å². The third kappa shape index (κ3) is 4.19. The van der Waals surface area contributed by atoms with Crippen LogP contribution < -0.4 is 5.32 Å². The van der Waals surface area contributed by atoms with Crippen molar-refractivity contribution in [3.8, 4) is 0 Å². The van der Waals surface area contributed by atoms with E-state index in [1.54, 1.807) is 24.2 Å². The fourth-order valence-corrected chi connectivity index (χ4v) is 4.66. The zero-order chi connectivity index (χ0) is 21.3. The van der Waals surface area contributed by atoms with Crippen LogP contribution in [0.2, 0.25) is 0 Å². The number of fused-ring (bicyclic) bond motifs is 1. The summed E-state index contributed by atoms with van der Waals surface area (Å²) >= 11 is 1.61. The van der Waals surface area contributed by atoms with Gasteiger partial charge in [-0.15, -0.1) is 0 Å². The molecule has 7 nitrogen and oxygen atoms in total. The molecule has 1 fully saturated rings. The summed E-state index contributed by atoms with van der Waals surface area (Å²) in [5.74, 6) is -0.697. The molecule has 1 aliphatic heterocycles. The lowest BCUT2D eigenvalue weighted by Gasteiger charge is -2.28. The first-order valence-electron chi connectivity index (χ1n) is 9.87. The van der Waals surface area contributed by atoms with Crippen molar-refractivity contribution in [1.29, 1.82) is 0 Å². The van der Waals surface area contributed by atoms with Gasteiger partial charge in [0.05, 0.1) is 17.1 Å². The lowest BCUT2D eigenvalue weighted by molar-refractivity contribution is 0.0942. The highest BCUT2D eigenvalue weighted by Crippen LogP contribution is 2.31. The first-order chi connectivity index (χ1) is 14.4. The number of benzene rings is 1. The predicted octanol–water partition coefficient (Wildman–Crippen LogP) is 2.81. The van der Waals surface area contributed by atoms with Crippen molar-refractivity contribution in [2.75, 3.05) is 13.1 Å². The fourth-order valence-electron chi connectivity index (χ4n) is 3.55. The summed E-state index contributed by atoms with van der Waals surface area (Å²) < 4.78 is 18.4. The number of nitrogens with zero attached hydrogens (tertiary/aromatic N) is 4. The van der Waals surface area contributed by atoms with Crippen molar-refractivity contribution in [2.45, 2.75) is 37.3 Å². The number of nitrogens with one attached hydrogen (secondary N) is 1. The molecule has 1 aromatic carbocycles. The summed E-state index contributed by atoms with van der Waals surface area (Å²) in [5.41, 5.74) is 2.85. The smallest absolute Gasteiger partial charge is 0.268 e. The minimum absolute atomic E-state index is 0.0252. The fraction of sp³-hybridized carbons (Fsp3) is 0.381. The van der Waals surface area contributed by atoms with E-state index >= 15 is 0 Å². The molecule has 0 spiro atoms. The van der Waals surface area contributed by atoms with Gasteiger partial charge in [-0.05, 0) is 49.9 Å². The Morgan fingerprint density at radius 1 is 1.30 bits per heavy atom. The molecule has 0 aliphatic carbocycles. The molecule has 4 rings (SSSR count). The van der Waals surface area contributed by atoms with Gasteiger partial charge in [0.25, 0.3) is 5.91 Å². The molecule has 1 amide bonds. The molecule has 30 heavy (non-hydrogen) atoms. The van der Waals surface area contributed by atoms with Crippen LogP contribution in [0.1, 0.15) is 34.6 Å². The zero-order valence-electron chi connectivity index (χ0n) is 16.9. The molecule has 0 atom stereocenters. The van der Waals surface area contributed by atoms with Gasteiger partial charge < -0.3 is 15.0 Å². The highest BCUT2D eigenvalue weighted by Gasteiger charge is 2.22. The second kappa shape index (κ2) is 8.71. The highest BCUT2D eigenvalue weighted by atomic mass is 32.2. The number of aliphatic hydroxyl groups is 1. The number of amides is 1. The SMILES string of the molecule is Cc1c(SN2CCC(O)CC2)cc(C(=O)NCc2c(F)ccc3nccnc23)n1C. The number of hydrogen-bond acceptors (Lipinski definition) is 6. The minimum Gasteiger partial charge on any atom is -0.393 e. The van der Waals surface area contributed by atoms with E-state index in [1.807, 2.05) is 24.6 Å². The van der Waals surface area contributed by atoms with E-state index < -0.39 is 5.82 Å². The van der Waals surface area contributed by atoms with E-state index in [9.17, 15) is 14.3 Å². The van der Waals surface area contributed by atoms with Gasteiger partial charge in [-0.2, -0.15) is 0 Å². The average Bonchev–Trinajstić information content (AvgIpc) is 3.03. The Kier molecular flexibility index (Phi) is 6.03. The van der Waals surface area contributed by atoms with Crippen molar-refractivity contribution in [3.63, 3.8) is 0 Å². The van der Waals surface area contributed by atoms with Crippen LogP contribution in [0.15, 0.2) is 35.5 Å². The normalized spacial score (nSPS) is 15.6. The number of aromatic nitrogens is 3. The van der Waals surface area contributed by atoms with Gasteiger partial charge in [0.15, 0.2) is 0 Å². The largest absolute Gasteiger partial charge is 0.393 e. The van der Waals surface area contributed by atoms with Crippen molar-refractivity contribution < 1.29 is 14.3 Å². The summed E-state index contributed by atoms with van der Waals surface area (Å²) in [6.45, 7) is 3.61. The molecule has 9 heteroatoms. The molecule has 1 saturated heterocycles. The maximum absolute atomic E-state index is 14.4. The van der Waals surface area contributed by atoms with Crippen molar-refractivity contribution in [2.24, 2.45) is 7.05 Å². The van der Waals surface area contributed by atoms with E-state index in [0.29, 0.717) is 22.3 Å². The third-order valence-electron chi connectivity index (χ3n) is 5.49. The number of rotatable bonds is 5. The molecule has 0 saturated carbocycles. The number of carbonyl (C=O) groups is 1. The van der Waals surface area contributed by atoms with Crippen LogP contribution in [0.3, 0.4) is 0 Å². The molecule has 158 valence electrons. The molecule has 2 N–H and O–H groups in total. The summed E-state index contributed by atoms with van der Waals surface area (Å²) in [7, 11) is 1.85. The number of piperidine rings is 1. The Balaban J connectivity index is 1.49. The van der Waals surface area contributed by atoms with Gasteiger partial charge in [-0.3, -0.25) is 14.8 Å². The van der Waals surface area contributed by atoms with Gasteiger partial charge in [0.2, 0.25) is 0 Å². The van der Waals surface area contributed by atoms with Crippen LogP contribution in [0.25, 0.3) is 11.0 Å². The van der Waals surface area contributed by atoms with Crippen LogP contribution in [-0.4, -0.2) is 49.0 Å². The molecule has 0 radical (unpaired) electrons. The molecule has 3 heterocycles. The van der Waals surface area contributed by atoms with Crippen molar-refractivity contribution in [3.05, 3.63) is 53.4 Å². The Labute approximate surface area is 178 Å². The first-order valence-corrected chi connectivity index (χ1v) is 10.6. The predicted molar refractivity (Wildman–Crippen MR) is 113 cm³/mol.